The van der Waals surface area contributed by atoms with E-state index in [1.807, 2.05) is 38.1 Å². The maximum absolute atomic E-state index is 11.8. The highest BCUT2D eigenvalue weighted by atomic mass is 32.1. The fourth-order valence-electron chi connectivity index (χ4n) is 1.34. The molecule has 0 aliphatic carbocycles. The van der Waals surface area contributed by atoms with E-state index in [1.165, 1.54) is 0 Å². The van der Waals surface area contributed by atoms with Gasteiger partial charge in [-0.3, -0.25) is 4.79 Å². The van der Waals surface area contributed by atoms with Gasteiger partial charge in [0.2, 0.25) is 0 Å². The predicted octanol–water partition coefficient (Wildman–Crippen LogP) is 1.58. The van der Waals surface area contributed by atoms with Crippen molar-refractivity contribution in [1.82, 2.24) is 10.2 Å². The number of nitrogens with one attached hydrogen (secondary N) is 1. The molecular formula is C12H18N2OS. The molecule has 0 saturated heterocycles. The summed E-state index contributed by atoms with van der Waals surface area (Å²) in [6.07, 6.45) is 0. The maximum atomic E-state index is 11.8. The average Bonchev–Trinajstić information content (AvgIpc) is 2.21. The molecule has 0 bridgehead atoms. The lowest BCUT2D eigenvalue weighted by Gasteiger charge is -2.11. The number of rotatable bonds is 4. The van der Waals surface area contributed by atoms with Gasteiger partial charge in [0, 0.05) is 23.5 Å². The first-order valence-corrected chi connectivity index (χ1v) is 5.68. The standard InChI is InChI=1S/C12H18N2OS/c1-9-4-5-10(16)8-11(9)12(15)13-6-7-14(2)3/h4-5,8,16H,6-7H2,1-3H3,(H,13,15). The Labute approximate surface area is 102 Å². The molecule has 0 atom stereocenters. The zero-order valence-electron chi connectivity index (χ0n) is 9.95. The van der Waals surface area contributed by atoms with Gasteiger partial charge in [0.15, 0.2) is 0 Å². The van der Waals surface area contributed by atoms with Gasteiger partial charge in [-0.15, -0.1) is 12.6 Å². The van der Waals surface area contributed by atoms with E-state index in [-0.39, 0.29) is 5.91 Å². The molecule has 88 valence electrons. The fourth-order valence-corrected chi connectivity index (χ4v) is 1.55. The van der Waals surface area contributed by atoms with Crippen LogP contribution in [0.4, 0.5) is 0 Å². The van der Waals surface area contributed by atoms with Crippen molar-refractivity contribution in [3.05, 3.63) is 29.3 Å². The van der Waals surface area contributed by atoms with E-state index >= 15 is 0 Å². The summed E-state index contributed by atoms with van der Waals surface area (Å²) < 4.78 is 0. The molecular weight excluding hydrogens is 220 g/mol. The number of aryl methyl sites for hydroxylation is 1. The third-order valence-corrected chi connectivity index (χ3v) is 2.59. The molecule has 0 fully saturated rings. The summed E-state index contributed by atoms with van der Waals surface area (Å²) in [4.78, 5) is 14.7. The largest absolute Gasteiger partial charge is 0.351 e. The van der Waals surface area contributed by atoms with Crippen molar-refractivity contribution in [1.29, 1.82) is 0 Å². The van der Waals surface area contributed by atoms with Crippen molar-refractivity contribution in [3.8, 4) is 0 Å². The van der Waals surface area contributed by atoms with Crippen molar-refractivity contribution >= 4 is 18.5 Å². The van der Waals surface area contributed by atoms with Crippen LogP contribution >= 0.6 is 12.6 Å². The number of hydrogen-bond acceptors (Lipinski definition) is 3. The zero-order chi connectivity index (χ0) is 12.1. The number of nitrogens with zero attached hydrogens (tertiary/aromatic N) is 1. The van der Waals surface area contributed by atoms with Crippen LogP contribution in [-0.2, 0) is 0 Å². The highest BCUT2D eigenvalue weighted by Crippen LogP contribution is 2.13. The van der Waals surface area contributed by atoms with Crippen molar-refractivity contribution < 1.29 is 4.79 Å². The number of likely N-dealkylation sites (N-methyl/N-ethyl adjacent to an activating group) is 1. The maximum Gasteiger partial charge on any atom is 0.251 e. The molecule has 1 N–H and O–H groups in total. The Balaban J connectivity index is 2.62. The van der Waals surface area contributed by atoms with Gasteiger partial charge in [0.25, 0.3) is 5.91 Å². The Kier molecular flexibility index (Phi) is 4.83. The van der Waals surface area contributed by atoms with Gasteiger partial charge in [-0.05, 0) is 38.7 Å². The molecule has 0 aromatic heterocycles. The molecule has 0 saturated carbocycles. The summed E-state index contributed by atoms with van der Waals surface area (Å²) in [6, 6.07) is 5.58. The smallest absolute Gasteiger partial charge is 0.251 e. The second-order valence-electron chi connectivity index (χ2n) is 4.06. The van der Waals surface area contributed by atoms with Crippen LogP contribution in [0.3, 0.4) is 0 Å². The van der Waals surface area contributed by atoms with Crippen molar-refractivity contribution in [2.24, 2.45) is 0 Å². The molecule has 1 aromatic carbocycles. The first-order valence-electron chi connectivity index (χ1n) is 5.23. The molecule has 0 aliphatic heterocycles. The Morgan fingerprint density at radius 1 is 1.44 bits per heavy atom. The number of hydrogen-bond donors (Lipinski definition) is 2. The number of amides is 1. The lowest BCUT2D eigenvalue weighted by Crippen LogP contribution is -2.31. The minimum absolute atomic E-state index is 0.0322. The third kappa shape index (κ3) is 3.87. The lowest BCUT2D eigenvalue weighted by atomic mass is 10.1. The Morgan fingerprint density at radius 3 is 2.75 bits per heavy atom. The van der Waals surface area contributed by atoms with Crippen molar-refractivity contribution in [2.45, 2.75) is 11.8 Å². The minimum atomic E-state index is -0.0322. The van der Waals surface area contributed by atoms with E-state index in [0.717, 1.165) is 17.0 Å². The molecule has 0 aliphatic rings. The SMILES string of the molecule is Cc1ccc(S)cc1C(=O)NCCN(C)C. The van der Waals surface area contributed by atoms with Crippen LogP contribution in [0.5, 0.6) is 0 Å². The van der Waals surface area contributed by atoms with Gasteiger partial charge >= 0.3 is 0 Å². The summed E-state index contributed by atoms with van der Waals surface area (Å²) in [5.41, 5.74) is 1.67. The molecule has 3 nitrogen and oxygen atoms in total. The number of thiol groups is 1. The van der Waals surface area contributed by atoms with Crippen molar-refractivity contribution in [3.63, 3.8) is 0 Å². The Hall–Kier alpha value is -1.00. The van der Waals surface area contributed by atoms with E-state index in [0.29, 0.717) is 12.1 Å². The highest BCUT2D eigenvalue weighted by Gasteiger charge is 2.08. The summed E-state index contributed by atoms with van der Waals surface area (Å²) in [5, 5.41) is 2.88. The molecule has 0 spiro atoms. The summed E-state index contributed by atoms with van der Waals surface area (Å²) in [7, 11) is 3.96. The number of carbonyl (C=O) groups is 1. The van der Waals surface area contributed by atoms with Crippen LogP contribution in [0.2, 0.25) is 0 Å². The van der Waals surface area contributed by atoms with E-state index in [9.17, 15) is 4.79 Å². The van der Waals surface area contributed by atoms with Gasteiger partial charge in [-0.25, -0.2) is 0 Å². The van der Waals surface area contributed by atoms with E-state index < -0.39 is 0 Å². The van der Waals surface area contributed by atoms with Crippen LogP contribution in [-0.4, -0.2) is 38.0 Å². The zero-order valence-corrected chi connectivity index (χ0v) is 10.8. The normalized spacial score (nSPS) is 10.6. The molecule has 1 rings (SSSR count). The number of carbonyl (C=O) groups excluding carboxylic acids is 1. The molecule has 0 heterocycles. The average molecular weight is 238 g/mol. The van der Waals surface area contributed by atoms with E-state index in [2.05, 4.69) is 17.9 Å². The van der Waals surface area contributed by atoms with Gasteiger partial charge in [0.05, 0.1) is 0 Å². The minimum Gasteiger partial charge on any atom is -0.351 e. The fraction of sp³-hybridized carbons (Fsp3) is 0.417. The van der Waals surface area contributed by atoms with Crippen LogP contribution in [0.15, 0.2) is 23.1 Å². The van der Waals surface area contributed by atoms with Gasteiger partial charge < -0.3 is 10.2 Å². The summed E-state index contributed by atoms with van der Waals surface area (Å²) in [5.74, 6) is -0.0322. The first kappa shape index (κ1) is 13.1. The Morgan fingerprint density at radius 2 is 2.12 bits per heavy atom. The molecule has 0 radical (unpaired) electrons. The van der Waals surface area contributed by atoms with Crippen LogP contribution < -0.4 is 5.32 Å². The van der Waals surface area contributed by atoms with Gasteiger partial charge in [0.1, 0.15) is 0 Å². The summed E-state index contributed by atoms with van der Waals surface area (Å²) in [6.45, 7) is 3.42. The lowest BCUT2D eigenvalue weighted by molar-refractivity contribution is 0.0950. The van der Waals surface area contributed by atoms with Gasteiger partial charge in [-0.1, -0.05) is 6.07 Å². The number of benzene rings is 1. The van der Waals surface area contributed by atoms with Gasteiger partial charge in [-0.2, -0.15) is 0 Å². The predicted molar refractivity (Wildman–Crippen MR) is 69.3 cm³/mol. The first-order chi connectivity index (χ1) is 7.50. The molecule has 0 unspecified atom stereocenters. The molecule has 1 amide bonds. The van der Waals surface area contributed by atoms with E-state index in [4.69, 9.17) is 0 Å². The van der Waals surface area contributed by atoms with Crippen LogP contribution in [0.1, 0.15) is 15.9 Å². The molecule has 16 heavy (non-hydrogen) atoms. The second kappa shape index (κ2) is 5.92. The van der Waals surface area contributed by atoms with Crippen LogP contribution in [0, 0.1) is 6.92 Å². The van der Waals surface area contributed by atoms with Crippen molar-refractivity contribution in [2.75, 3.05) is 27.2 Å². The molecule has 1 aromatic rings. The topological polar surface area (TPSA) is 32.3 Å². The quantitative estimate of drug-likeness (QED) is 0.781. The Bertz CT molecular complexity index is 377. The summed E-state index contributed by atoms with van der Waals surface area (Å²) >= 11 is 4.23. The molecule has 4 heteroatoms. The van der Waals surface area contributed by atoms with E-state index in [1.54, 1.807) is 6.07 Å². The highest BCUT2D eigenvalue weighted by molar-refractivity contribution is 7.80. The monoisotopic (exact) mass is 238 g/mol. The third-order valence-electron chi connectivity index (χ3n) is 2.31. The van der Waals surface area contributed by atoms with Crippen LogP contribution in [0.25, 0.3) is 0 Å². The second-order valence-corrected chi connectivity index (χ2v) is 4.57.